The van der Waals surface area contributed by atoms with Crippen molar-refractivity contribution in [1.29, 1.82) is 0 Å². The number of amides is 1. The number of benzene rings is 1. The van der Waals surface area contributed by atoms with Crippen molar-refractivity contribution in [3.8, 4) is 0 Å². The third kappa shape index (κ3) is 3.38. The number of hydrogen-bond acceptors (Lipinski definition) is 3. The maximum Gasteiger partial charge on any atom is 0.222 e. The molecule has 1 aliphatic heterocycles. The van der Waals surface area contributed by atoms with Crippen LogP contribution in [-0.4, -0.2) is 31.9 Å². The number of nitrogens with zero attached hydrogens (tertiary/aromatic N) is 2. The highest BCUT2D eigenvalue weighted by molar-refractivity contribution is 7.99. The summed E-state index contributed by atoms with van der Waals surface area (Å²) in [5, 5.41) is 3.14. The standard InChI is InChI=1S/C20H24N4OS/c1-15(19-22-16-6-2-3-7-17(16)23-19)21-18(25)14-20(8-12-26-13-9-20)24-10-4-5-11-24/h2-7,10-11,15H,8-9,12-14H2,1H3,(H,21,25)(H,22,23)/t15-/m0/s1. The third-order valence-electron chi connectivity index (χ3n) is 5.26. The number of carbonyl (C=O) groups excluding carboxylic acids is 1. The van der Waals surface area contributed by atoms with Crippen molar-refractivity contribution in [3.05, 3.63) is 54.6 Å². The van der Waals surface area contributed by atoms with Crippen LogP contribution >= 0.6 is 11.8 Å². The van der Waals surface area contributed by atoms with Gasteiger partial charge in [-0.2, -0.15) is 11.8 Å². The topological polar surface area (TPSA) is 62.7 Å². The normalized spacial score (nSPS) is 17.9. The maximum atomic E-state index is 12.8. The predicted molar refractivity (Wildman–Crippen MR) is 106 cm³/mol. The van der Waals surface area contributed by atoms with Crippen molar-refractivity contribution in [2.45, 2.75) is 37.8 Å². The lowest BCUT2D eigenvalue weighted by Crippen LogP contribution is -2.42. The zero-order valence-electron chi connectivity index (χ0n) is 14.9. The van der Waals surface area contributed by atoms with E-state index in [4.69, 9.17) is 0 Å². The molecule has 5 nitrogen and oxygen atoms in total. The van der Waals surface area contributed by atoms with Gasteiger partial charge in [0, 0.05) is 12.4 Å². The van der Waals surface area contributed by atoms with Crippen LogP contribution in [0, 0.1) is 0 Å². The third-order valence-corrected chi connectivity index (χ3v) is 6.25. The monoisotopic (exact) mass is 368 g/mol. The quantitative estimate of drug-likeness (QED) is 0.719. The Balaban J connectivity index is 1.48. The highest BCUT2D eigenvalue weighted by atomic mass is 32.2. The summed E-state index contributed by atoms with van der Waals surface area (Å²) < 4.78 is 2.23. The molecule has 0 spiro atoms. The second-order valence-corrected chi connectivity index (χ2v) is 8.26. The molecule has 4 rings (SSSR count). The summed E-state index contributed by atoms with van der Waals surface area (Å²) in [6, 6.07) is 11.9. The molecule has 1 amide bonds. The van der Waals surface area contributed by atoms with Gasteiger partial charge in [0.2, 0.25) is 5.91 Å². The summed E-state index contributed by atoms with van der Waals surface area (Å²) >= 11 is 1.97. The second kappa shape index (κ2) is 7.19. The fourth-order valence-electron chi connectivity index (χ4n) is 3.77. The molecular formula is C20H24N4OS. The number of thioether (sulfide) groups is 1. The van der Waals surface area contributed by atoms with Crippen LogP contribution in [0.1, 0.15) is 38.1 Å². The van der Waals surface area contributed by atoms with Gasteiger partial charge in [0.15, 0.2) is 0 Å². The van der Waals surface area contributed by atoms with Crippen molar-refractivity contribution in [3.63, 3.8) is 0 Å². The largest absolute Gasteiger partial charge is 0.348 e. The summed E-state index contributed by atoms with van der Waals surface area (Å²) in [5.41, 5.74) is 1.82. The van der Waals surface area contributed by atoms with Crippen LogP contribution < -0.4 is 5.32 Å². The Morgan fingerprint density at radius 3 is 2.73 bits per heavy atom. The molecule has 3 aromatic rings. The Bertz CT molecular complexity index is 847. The number of imidazole rings is 1. The number of aromatic amines is 1. The van der Waals surface area contributed by atoms with Crippen LogP contribution in [0.3, 0.4) is 0 Å². The first kappa shape index (κ1) is 17.2. The van der Waals surface area contributed by atoms with Gasteiger partial charge in [-0.15, -0.1) is 0 Å². The number of H-pyrrole nitrogens is 1. The molecule has 1 atom stereocenters. The van der Waals surface area contributed by atoms with E-state index in [9.17, 15) is 4.79 Å². The molecule has 3 heterocycles. The minimum absolute atomic E-state index is 0.0820. The van der Waals surface area contributed by atoms with Gasteiger partial charge in [-0.25, -0.2) is 4.98 Å². The lowest BCUT2D eigenvalue weighted by Gasteiger charge is -2.38. The van der Waals surface area contributed by atoms with Crippen LogP contribution in [0.15, 0.2) is 48.8 Å². The number of fused-ring (bicyclic) bond motifs is 1. The molecule has 0 bridgehead atoms. The zero-order chi connectivity index (χ0) is 18.0. The summed E-state index contributed by atoms with van der Waals surface area (Å²) in [5.74, 6) is 3.09. The molecule has 1 aliphatic rings. The second-order valence-electron chi connectivity index (χ2n) is 7.03. The molecule has 0 aliphatic carbocycles. The number of rotatable bonds is 5. The molecule has 6 heteroatoms. The van der Waals surface area contributed by atoms with E-state index in [1.165, 1.54) is 0 Å². The smallest absolute Gasteiger partial charge is 0.222 e. The van der Waals surface area contributed by atoms with Crippen LogP contribution in [0.5, 0.6) is 0 Å². The van der Waals surface area contributed by atoms with E-state index in [2.05, 4.69) is 32.2 Å². The van der Waals surface area contributed by atoms with Crippen LogP contribution in [0.25, 0.3) is 11.0 Å². The van der Waals surface area contributed by atoms with E-state index in [1.807, 2.05) is 55.1 Å². The molecule has 2 aromatic heterocycles. The van der Waals surface area contributed by atoms with Gasteiger partial charge >= 0.3 is 0 Å². The maximum absolute atomic E-state index is 12.8. The number of aromatic nitrogens is 3. The Labute approximate surface area is 157 Å². The Kier molecular flexibility index (Phi) is 4.76. The first-order chi connectivity index (χ1) is 12.7. The predicted octanol–water partition coefficient (Wildman–Crippen LogP) is 3.85. The number of carbonyl (C=O) groups is 1. The van der Waals surface area contributed by atoms with Crippen LogP contribution in [0.4, 0.5) is 0 Å². The average molecular weight is 369 g/mol. The van der Waals surface area contributed by atoms with Gasteiger partial charge in [0.1, 0.15) is 5.82 Å². The summed E-state index contributed by atoms with van der Waals surface area (Å²) in [6.07, 6.45) is 6.74. The Morgan fingerprint density at radius 1 is 1.27 bits per heavy atom. The zero-order valence-corrected chi connectivity index (χ0v) is 15.8. The first-order valence-electron chi connectivity index (χ1n) is 9.11. The lowest BCUT2D eigenvalue weighted by molar-refractivity contribution is -0.124. The average Bonchev–Trinajstić information content (AvgIpc) is 3.32. The molecule has 1 saturated heterocycles. The van der Waals surface area contributed by atoms with Gasteiger partial charge < -0.3 is 14.9 Å². The molecule has 0 saturated carbocycles. The van der Waals surface area contributed by atoms with Gasteiger partial charge in [-0.05, 0) is 55.5 Å². The number of para-hydroxylation sites is 2. The van der Waals surface area contributed by atoms with Crippen molar-refractivity contribution in [2.24, 2.45) is 0 Å². The van der Waals surface area contributed by atoms with E-state index in [0.29, 0.717) is 6.42 Å². The van der Waals surface area contributed by atoms with Gasteiger partial charge in [-0.1, -0.05) is 12.1 Å². The molecular weight excluding hydrogens is 344 g/mol. The van der Waals surface area contributed by atoms with Gasteiger partial charge in [-0.3, -0.25) is 4.79 Å². The van der Waals surface area contributed by atoms with Gasteiger partial charge in [0.25, 0.3) is 0 Å². The Hall–Kier alpha value is -2.21. The summed E-state index contributed by atoms with van der Waals surface area (Å²) in [7, 11) is 0. The lowest BCUT2D eigenvalue weighted by atomic mass is 9.87. The van der Waals surface area contributed by atoms with E-state index in [0.717, 1.165) is 41.2 Å². The van der Waals surface area contributed by atoms with Crippen LogP contribution in [0.2, 0.25) is 0 Å². The molecule has 2 N–H and O–H groups in total. The highest BCUT2D eigenvalue weighted by Crippen LogP contribution is 2.37. The van der Waals surface area contributed by atoms with Crippen molar-refractivity contribution >= 4 is 28.7 Å². The fraction of sp³-hybridized carbons (Fsp3) is 0.400. The SMILES string of the molecule is C[C@H](NC(=O)CC1(n2cccc2)CCSCC1)c1nc2ccccc2[nH]1. The van der Waals surface area contributed by atoms with E-state index >= 15 is 0 Å². The molecule has 0 radical (unpaired) electrons. The minimum Gasteiger partial charge on any atom is -0.348 e. The number of hydrogen-bond donors (Lipinski definition) is 2. The van der Waals surface area contributed by atoms with Crippen molar-refractivity contribution in [1.82, 2.24) is 19.9 Å². The van der Waals surface area contributed by atoms with E-state index in [-0.39, 0.29) is 17.5 Å². The summed E-state index contributed by atoms with van der Waals surface area (Å²) in [4.78, 5) is 20.7. The molecule has 26 heavy (non-hydrogen) atoms. The molecule has 1 aromatic carbocycles. The van der Waals surface area contributed by atoms with Crippen molar-refractivity contribution in [2.75, 3.05) is 11.5 Å². The van der Waals surface area contributed by atoms with Gasteiger partial charge in [0.05, 0.1) is 29.0 Å². The Morgan fingerprint density at radius 2 is 2.00 bits per heavy atom. The highest BCUT2D eigenvalue weighted by Gasteiger charge is 2.36. The molecule has 136 valence electrons. The molecule has 0 unspecified atom stereocenters. The van der Waals surface area contributed by atoms with Crippen molar-refractivity contribution < 1.29 is 4.79 Å². The number of nitrogens with one attached hydrogen (secondary N) is 2. The minimum atomic E-state index is -0.144. The summed E-state index contributed by atoms with van der Waals surface area (Å²) in [6.45, 7) is 1.98. The first-order valence-corrected chi connectivity index (χ1v) is 10.3. The van der Waals surface area contributed by atoms with E-state index in [1.54, 1.807) is 0 Å². The fourth-order valence-corrected chi connectivity index (χ4v) is 5.02. The van der Waals surface area contributed by atoms with Crippen LogP contribution in [-0.2, 0) is 10.3 Å². The molecule has 1 fully saturated rings. The van der Waals surface area contributed by atoms with E-state index < -0.39 is 0 Å².